The Morgan fingerprint density at radius 1 is 1.46 bits per heavy atom. The molecule has 1 aliphatic rings. The first-order chi connectivity index (χ1) is 12.0. The standard InChI is InChI=1S/C17H15ClF3N3O2/c1-16(14(18)9-24(2)23-16)15(26)12(8-22)13(25)7-10-4-3-5-11(6-10)17(19,20)21/h3-6,9,23,26H,7H2,1-2H3. The van der Waals surface area contributed by atoms with E-state index in [0.717, 1.165) is 12.1 Å². The number of ketones is 1. The monoisotopic (exact) mass is 385 g/mol. The quantitative estimate of drug-likeness (QED) is 0.471. The number of nitrogens with zero attached hydrogens (tertiary/aromatic N) is 2. The molecule has 1 atom stereocenters. The Kier molecular flexibility index (Phi) is 5.35. The molecule has 5 nitrogen and oxygen atoms in total. The SMILES string of the molecule is CN1C=C(Cl)C(C)(C(O)=C(C#N)C(=O)Cc2cccc(C(F)(F)F)c2)N1. The number of hydrogen-bond donors (Lipinski definition) is 2. The third kappa shape index (κ3) is 3.84. The summed E-state index contributed by atoms with van der Waals surface area (Å²) in [4.78, 5) is 12.4. The molecule has 1 aliphatic heterocycles. The van der Waals surface area contributed by atoms with Crippen LogP contribution < -0.4 is 5.43 Å². The highest BCUT2D eigenvalue weighted by molar-refractivity contribution is 6.31. The molecule has 138 valence electrons. The number of benzene rings is 1. The molecule has 2 N–H and O–H groups in total. The molecule has 1 aromatic carbocycles. The zero-order valence-corrected chi connectivity index (χ0v) is 14.6. The minimum Gasteiger partial charge on any atom is -0.508 e. The van der Waals surface area contributed by atoms with Crippen LogP contribution in [0, 0.1) is 11.3 Å². The fourth-order valence-electron chi connectivity index (χ4n) is 2.53. The number of nitriles is 1. The van der Waals surface area contributed by atoms with Gasteiger partial charge in [-0.05, 0) is 18.6 Å². The number of alkyl halides is 3. The lowest BCUT2D eigenvalue weighted by molar-refractivity contribution is -0.137. The maximum atomic E-state index is 12.8. The van der Waals surface area contributed by atoms with E-state index >= 15 is 0 Å². The molecule has 0 aromatic heterocycles. The molecule has 0 amide bonds. The predicted octanol–water partition coefficient (Wildman–Crippen LogP) is 3.44. The Labute approximate surface area is 152 Å². The van der Waals surface area contributed by atoms with Crippen LogP contribution in [0.1, 0.15) is 18.1 Å². The topological polar surface area (TPSA) is 76.4 Å². The van der Waals surface area contributed by atoms with E-state index in [0.29, 0.717) is 0 Å². The zero-order valence-electron chi connectivity index (χ0n) is 13.9. The predicted molar refractivity (Wildman–Crippen MR) is 88.7 cm³/mol. The lowest BCUT2D eigenvalue weighted by Gasteiger charge is -2.27. The zero-order chi connectivity index (χ0) is 19.7. The number of rotatable bonds is 4. The van der Waals surface area contributed by atoms with Crippen molar-refractivity contribution in [3.05, 3.63) is 58.0 Å². The summed E-state index contributed by atoms with van der Waals surface area (Å²) in [7, 11) is 1.61. The van der Waals surface area contributed by atoms with Crippen LogP contribution in [0.25, 0.3) is 0 Å². The molecule has 1 heterocycles. The third-order valence-electron chi connectivity index (χ3n) is 3.90. The number of nitrogens with one attached hydrogen (secondary N) is 1. The maximum absolute atomic E-state index is 12.8. The van der Waals surface area contributed by atoms with Crippen molar-refractivity contribution in [2.24, 2.45) is 0 Å². The number of carbonyl (C=O) groups is 1. The molecule has 26 heavy (non-hydrogen) atoms. The molecule has 1 unspecified atom stereocenters. The molecule has 0 spiro atoms. The lowest BCUT2D eigenvalue weighted by Crippen LogP contribution is -2.46. The van der Waals surface area contributed by atoms with E-state index < -0.39 is 40.8 Å². The van der Waals surface area contributed by atoms with Gasteiger partial charge in [0.1, 0.15) is 22.9 Å². The number of carbonyl (C=O) groups excluding carboxylic acids is 1. The Hall–Kier alpha value is -2.50. The van der Waals surface area contributed by atoms with Gasteiger partial charge < -0.3 is 10.1 Å². The van der Waals surface area contributed by atoms with E-state index in [2.05, 4.69) is 5.43 Å². The summed E-state index contributed by atoms with van der Waals surface area (Å²) in [6, 6.07) is 5.86. The average molecular weight is 386 g/mol. The number of hydrogen-bond acceptors (Lipinski definition) is 5. The number of aliphatic hydroxyl groups is 1. The molecule has 0 aliphatic carbocycles. The normalized spacial score (nSPS) is 21.1. The van der Waals surface area contributed by atoms with Crippen LogP contribution in [0.5, 0.6) is 0 Å². The van der Waals surface area contributed by atoms with E-state index in [4.69, 9.17) is 11.6 Å². The van der Waals surface area contributed by atoms with Crippen molar-refractivity contribution in [3.8, 4) is 6.07 Å². The Balaban J connectivity index is 2.33. The summed E-state index contributed by atoms with van der Waals surface area (Å²) >= 11 is 6.06. The molecule has 0 saturated carbocycles. The van der Waals surface area contributed by atoms with Crippen LogP contribution in [0.4, 0.5) is 13.2 Å². The largest absolute Gasteiger partial charge is 0.508 e. The van der Waals surface area contributed by atoms with Gasteiger partial charge in [0.25, 0.3) is 0 Å². The molecule has 2 rings (SSSR count). The summed E-state index contributed by atoms with van der Waals surface area (Å²) in [6.45, 7) is 1.47. The second-order valence-electron chi connectivity index (χ2n) is 5.96. The molecule has 9 heteroatoms. The van der Waals surface area contributed by atoms with E-state index in [1.54, 1.807) is 13.1 Å². The molecule has 0 fully saturated rings. The number of aliphatic hydroxyl groups excluding tert-OH is 1. The van der Waals surface area contributed by atoms with Crippen molar-refractivity contribution in [2.45, 2.75) is 25.1 Å². The first-order valence-corrected chi connectivity index (χ1v) is 7.78. The van der Waals surface area contributed by atoms with E-state index in [1.165, 1.54) is 30.3 Å². The maximum Gasteiger partial charge on any atom is 0.416 e. The highest BCUT2D eigenvalue weighted by atomic mass is 35.5. The van der Waals surface area contributed by atoms with Crippen LogP contribution >= 0.6 is 11.6 Å². The summed E-state index contributed by atoms with van der Waals surface area (Å²) < 4.78 is 38.3. The van der Waals surface area contributed by atoms with Gasteiger partial charge in [0.05, 0.1) is 10.6 Å². The van der Waals surface area contributed by atoms with Crippen molar-refractivity contribution in [1.82, 2.24) is 10.4 Å². The molecular formula is C17H15ClF3N3O2. The van der Waals surface area contributed by atoms with Gasteiger partial charge >= 0.3 is 6.18 Å². The van der Waals surface area contributed by atoms with Crippen molar-refractivity contribution in [3.63, 3.8) is 0 Å². The second kappa shape index (κ2) is 7.02. The molecule has 0 saturated heterocycles. The van der Waals surface area contributed by atoms with Gasteiger partial charge in [0.2, 0.25) is 0 Å². The van der Waals surface area contributed by atoms with Gasteiger partial charge in [-0.15, -0.1) is 0 Å². The van der Waals surface area contributed by atoms with E-state index in [1.807, 2.05) is 0 Å². The lowest BCUT2D eigenvalue weighted by atomic mass is 9.93. The van der Waals surface area contributed by atoms with Crippen LogP contribution in [-0.2, 0) is 17.4 Å². The minimum atomic E-state index is -4.54. The molecule has 0 radical (unpaired) electrons. The van der Waals surface area contributed by atoms with Crippen LogP contribution in [-0.4, -0.2) is 28.5 Å². The van der Waals surface area contributed by atoms with Crippen molar-refractivity contribution in [1.29, 1.82) is 5.26 Å². The van der Waals surface area contributed by atoms with Gasteiger partial charge in [0.15, 0.2) is 5.78 Å². The highest BCUT2D eigenvalue weighted by Gasteiger charge is 2.41. The fourth-order valence-corrected chi connectivity index (χ4v) is 2.81. The number of hydrazine groups is 1. The molecule has 0 bridgehead atoms. The number of allylic oxidation sites excluding steroid dienone is 1. The fraction of sp³-hybridized carbons (Fsp3) is 0.294. The van der Waals surface area contributed by atoms with Gasteiger partial charge in [-0.25, -0.2) is 5.43 Å². The van der Waals surface area contributed by atoms with Gasteiger partial charge in [0, 0.05) is 19.7 Å². The molecule has 1 aromatic rings. The van der Waals surface area contributed by atoms with Crippen molar-refractivity contribution >= 4 is 17.4 Å². The smallest absolute Gasteiger partial charge is 0.416 e. The summed E-state index contributed by atoms with van der Waals surface area (Å²) in [5, 5.41) is 21.3. The minimum absolute atomic E-state index is 0.0775. The summed E-state index contributed by atoms with van der Waals surface area (Å²) in [6.07, 6.45) is -3.55. The Bertz CT molecular complexity index is 842. The van der Waals surface area contributed by atoms with Crippen molar-refractivity contribution in [2.75, 3.05) is 7.05 Å². The van der Waals surface area contributed by atoms with Crippen LogP contribution in [0.3, 0.4) is 0 Å². The Morgan fingerprint density at radius 3 is 2.62 bits per heavy atom. The average Bonchev–Trinajstić information content (AvgIpc) is 2.80. The summed E-state index contributed by atoms with van der Waals surface area (Å²) in [5.41, 5.74) is 0.0315. The van der Waals surface area contributed by atoms with Crippen molar-refractivity contribution < 1.29 is 23.1 Å². The highest BCUT2D eigenvalue weighted by Crippen LogP contribution is 2.34. The van der Waals surface area contributed by atoms with Gasteiger partial charge in [-0.3, -0.25) is 4.79 Å². The van der Waals surface area contributed by atoms with E-state index in [-0.39, 0.29) is 10.6 Å². The van der Waals surface area contributed by atoms with Gasteiger partial charge in [-0.1, -0.05) is 29.8 Å². The summed E-state index contributed by atoms with van der Waals surface area (Å²) in [5.74, 6) is -1.41. The van der Waals surface area contributed by atoms with Crippen LogP contribution in [0.15, 0.2) is 46.8 Å². The molecular weight excluding hydrogens is 371 g/mol. The van der Waals surface area contributed by atoms with Crippen LogP contribution in [0.2, 0.25) is 0 Å². The van der Waals surface area contributed by atoms with E-state index in [9.17, 15) is 28.3 Å². The van der Waals surface area contributed by atoms with Gasteiger partial charge in [-0.2, -0.15) is 18.4 Å². The Morgan fingerprint density at radius 2 is 2.12 bits per heavy atom. The number of Topliss-reactive ketones (excluding diaryl/α,β-unsaturated/α-hetero) is 1. The number of halogens is 4. The second-order valence-corrected chi connectivity index (χ2v) is 6.37. The first-order valence-electron chi connectivity index (χ1n) is 7.40. The third-order valence-corrected chi connectivity index (χ3v) is 4.38. The first kappa shape index (κ1) is 19.8.